The van der Waals surface area contributed by atoms with Gasteiger partial charge in [-0.1, -0.05) is 0 Å². The number of hydrogen-bond donors (Lipinski definition) is 0. The van der Waals surface area contributed by atoms with Gasteiger partial charge in [0.2, 0.25) is 0 Å². The van der Waals surface area contributed by atoms with Crippen LogP contribution in [-0.4, -0.2) is 43.4 Å². The largest absolute Gasteiger partial charge is 0.465 e. The molecule has 0 aromatic heterocycles. The Kier molecular flexibility index (Phi) is 3.33. The number of allylic oxidation sites excluding steroid dienone is 1. The number of ether oxygens (including phenoxy) is 1. The van der Waals surface area contributed by atoms with Crippen LogP contribution in [0.15, 0.2) is 11.6 Å². The minimum Gasteiger partial charge on any atom is -0.465 e. The van der Waals surface area contributed by atoms with Crippen molar-refractivity contribution in [2.24, 2.45) is 5.41 Å². The Morgan fingerprint density at radius 1 is 1.53 bits per heavy atom. The van der Waals surface area contributed by atoms with E-state index < -0.39 is 5.41 Å². The van der Waals surface area contributed by atoms with Crippen molar-refractivity contribution >= 4 is 11.8 Å². The third-order valence-electron chi connectivity index (χ3n) is 3.77. The molecule has 0 amide bonds. The first-order chi connectivity index (χ1) is 8.08. The molecule has 1 atom stereocenters. The fourth-order valence-electron chi connectivity index (χ4n) is 2.74. The molecule has 17 heavy (non-hydrogen) atoms. The standard InChI is InChI=1S/C13H19NO3/c1-3-17-12(16)13-5-4-11(15)8-10(13)9-14(2)7-6-13/h8H,3-7,9H2,1-2H3/t13-/m1/s1. The summed E-state index contributed by atoms with van der Waals surface area (Å²) < 4.78 is 5.20. The van der Waals surface area contributed by atoms with Crippen molar-refractivity contribution < 1.29 is 14.3 Å². The van der Waals surface area contributed by atoms with Crippen LogP contribution in [0.5, 0.6) is 0 Å². The van der Waals surface area contributed by atoms with Crippen LogP contribution in [0.3, 0.4) is 0 Å². The number of hydrogen-bond acceptors (Lipinski definition) is 4. The highest BCUT2D eigenvalue weighted by Gasteiger charge is 2.47. The molecule has 2 aliphatic rings. The zero-order valence-corrected chi connectivity index (χ0v) is 10.5. The molecule has 4 heteroatoms. The highest BCUT2D eigenvalue weighted by Crippen LogP contribution is 2.43. The van der Waals surface area contributed by atoms with E-state index in [-0.39, 0.29) is 11.8 Å². The van der Waals surface area contributed by atoms with Crippen molar-refractivity contribution in [2.45, 2.75) is 26.2 Å². The van der Waals surface area contributed by atoms with E-state index in [9.17, 15) is 9.59 Å². The van der Waals surface area contributed by atoms with Crippen LogP contribution in [-0.2, 0) is 14.3 Å². The third kappa shape index (κ3) is 2.14. The van der Waals surface area contributed by atoms with Gasteiger partial charge in [-0.25, -0.2) is 0 Å². The van der Waals surface area contributed by atoms with Crippen LogP contribution in [0.2, 0.25) is 0 Å². The van der Waals surface area contributed by atoms with E-state index in [0.717, 1.165) is 18.5 Å². The zero-order chi connectivity index (χ0) is 12.5. The topological polar surface area (TPSA) is 46.6 Å². The van der Waals surface area contributed by atoms with Crippen LogP contribution in [0.25, 0.3) is 0 Å². The molecule has 0 unspecified atom stereocenters. The molecule has 4 nitrogen and oxygen atoms in total. The van der Waals surface area contributed by atoms with E-state index in [0.29, 0.717) is 26.0 Å². The Labute approximate surface area is 102 Å². The predicted octanol–water partition coefficient (Wildman–Crippen LogP) is 1.16. The van der Waals surface area contributed by atoms with E-state index in [2.05, 4.69) is 4.90 Å². The lowest BCUT2D eigenvalue weighted by molar-refractivity contribution is -0.155. The smallest absolute Gasteiger partial charge is 0.316 e. The molecular formula is C13H19NO3. The second kappa shape index (κ2) is 4.61. The highest BCUT2D eigenvalue weighted by molar-refractivity contribution is 5.95. The number of nitrogens with zero attached hydrogens (tertiary/aromatic N) is 1. The second-order valence-electron chi connectivity index (χ2n) is 4.93. The van der Waals surface area contributed by atoms with Crippen molar-refractivity contribution in [3.05, 3.63) is 11.6 Å². The molecule has 1 fully saturated rings. The van der Waals surface area contributed by atoms with E-state index >= 15 is 0 Å². The maximum absolute atomic E-state index is 12.2. The van der Waals surface area contributed by atoms with Crippen molar-refractivity contribution in [3.8, 4) is 0 Å². The van der Waals surface area contributed by atoms with Crippen LogP contribution in [0.4, 0.5) is 0 Å². The van der Waals surface area contributed by atoms with Crippen molar-refractivity contribution in [3.63, 3.8) is 0 Å². The number of carbonyl (C=O) groups is 2. The number of likely N-dealkylation sites (tertiary alicyclic amines) is 1. The quantitative estimate of drug-likeness (QED) is 0.676. The van der Waals surface area contributed by atoms with Gasteiger partial charge < -0.3 is 9.64 Å². The van der Waals surface area contributed by atoms with Gasteiger partial charge in [-0.3, -0.25) is 9.59 Å². The maximum atomic E-state index is 12.2. The number of fused-ring (bicyclic) bond motifs is 1. The van der Waals surface area contributed by atoms with E-state index in [1.165, 1.54) is 0 Å². The number of rotatable bonds is 2. The average Bonchev–Trinajstić information content (AvgIpc) is 2.29. The summed E-state index contributed by atoms with van der Waals surface area (Å²) in [6.07, 6.45) is 3.51. The molecule has 1 saturated heterocycles. The van der Waals surface area contributed by atoms with Gasteiger partial charge in [0.15, 0.2) is 5.78 Å². The molecule has 0 aromatic rings. The zero-order valence-electron chi connectivity index (χ0n) is 10.5. The third-order valence-corrected chi connectivity index (χ3v) is 3.77. The summed E-state index contributed by atoms with van der Waals surface area (Å²) in [6, 6.07) is 0. The Balaban J connectivity index is 2.31. The van der Waals surface area contributed by atoms with Gasteiger partial charge in [-0.15, -0.1) is 0 Å². The number of carbonyl (C=O) groups excluding carboxylic acids is 2. The molecule has 0 aromatic carbocycles. The van der Waals surface area contributed by atoms with Crippen molar-refractivity contribution in [2.75, 3.05) is 26.7 Å². The van der Waals surface area contributed by atoms with Gasteiger partial charge in [-0.05, 0) is 45.0 Å². The molecule has 94 valence electrons. The minimum atomic E-state index is -0.517. The number of ketones is 1. The monoisotopic (exact) mass is 237 g/mol. The first-order valence-corrected chi connectivity index (χ1v) is 6.18. The highest BCUT2D eigenvalue weighted by atomic mass is 16.5. The van der Waals surface area contributed by atoms with Gasteiger partial charge >= 0.3 is 5.97 Å². The summed E-state index contributed by atoms with van der Waals surface area (Å²) in [5.74, 6) is -0.0120. The summed E-state index contributed by atoms with van der Waals surface area (Å²) in [4.78, 5) is 25.8. The summed E-state index contributed by atoms with van der Waals surface area (Å²) in [7, 11) is 2.01. The second-order valence-corrected chi connectivity index (χ2v) is 4.93. The van der Waals surface area contributed by atoms with E-state index in [4.69, 9.17) is 4.74 Å². The summed E-state index contributed by atoms with van der Waals surface area (Å²) in [5, 5.41) is 0. The van der Waals surface area contributed by atoms with Crippen LogP contribution >= 0.6 is 0 Å². The number of piperidine rings is 1. The van der Waals surface area contributed by atoms with Gasteiger partial charge in [0.05, 0.1) is 12.0 Å². The summed E-state index contributed by atoms with van der Waals surface area (Å²) in [5.41, 5.74) is 0.428. The molecule has 0 saturated carbocycles. The van der Waals surface area contributed by atoms with Crippen LogP contribution in [0.1, 0.15) is 26.2 Å². The fraction of sp³-hybridized carbons (Fsp3) is 0.692. The number of likely N-dealkylation sites (N-methyl/N-ethyl adjacent to an activating group) is 1. The van der Waals surface area contributed by atoms with E-state index in [1.807, 2.05) is 14.0 Å². The molecule has 1 heterocycles. The minimum absolute atomic E-state index is 0.134. The van der Waals surface area contributed by atoms with Gasteiger partial charge in [0.25, 0.3) is 0 Å². The molecule has 1 aliphatic heterocycles. The van der Waals surface area contributed by atoms with Crippen LogP contribution in [0, 0.1) is 5.41 Å². The summed E-state index contributed by atoms with van der Waals surface area (Å²) in [6.45, 7) is 3.80. The lowest BCUT2D eigenvalue weighted by Gasteiger charge is -2.42. The van der Waals surface area contributed by atoms with Gasteiger partial charge in [0.1, 0.15) is 0 Å². The molecule has 1 aliphatic carbocycles. The van der Waals surface area contributed by atoms with E-state index in [1.54, 1.807) is 6.08 Å². The van der Waals surface area contributed by atoms with Crippen molar-refractivity contribution in [1.29, 1.82) is 0 Å². The van der Waals surface area contributed by atoms with Crippen molar-refractivity contribution in [1.82, 2.24) is 4.90 Å². The first-order valence-electron chi connectivity index (χ1n) is 6.18. The Bertz CT molecular complexity index is 375. The van der Waals surface area contributed by atoms with Gasteiger partial charge in [-0.2, -0.15) is 0 Å². The summed E-state index contributed by atoms with van der Waals surface area (Å²) >= 11 is 0. The first kappa shape index (κ1) is 12.3. The Hall–Kier alpha value is -1.16. The molecule has 2 rings (SSSR count). The normalized spacial score (nSPS) is 29.5. The predicted molar refractivity (Wildman–Crippen MR) is 63.5 cm³/mol. The van der Waals surface area contributed by atoms with Gasteiger partial charge in [0, 0.05) is 13.0 Å². The Morgan fingerprint density at radius 2 is 2.29 bits per heavy atom. The fourth-order valence-corrected chi connectivity index (χ4v) is 2.74. The lowest BCUT2D eigenvalue weighted by Crippen LogP contribution is -2.47. The SMILES string of the molecule is CCOC(=O)[C@@]12CCC(=O)C=C1CN(C)CC2. The Morgan fingerprint density at radius 3 is 3.00 bits per heavy atom. The number of esters is 1. The molecule has 0 N–H and O–H groups in total. The lowest BCUT2D eigenvalue weighted by atomic mass is 9.68. The van der Waals surface area contributed by atoms with Crippen LogP contribution < -0.4 is 0 Å². The molecule has 0 radical (unpaired) electrons. The molecule has 0 spiro atoms. The molecular weight excluding hydrogens is 218 g/mol. The average molecular weight is 237 g/mol. The molecule has 0 bridgehead atoms. The maximum Gasteiger partial charge on any atom is 0.316 e.